The molecule has 0 bridgehead atoms. The molecule has 0 fully saturated rings. The van der Waals surface area contributed by atoms with E-state index in [4.69, 9.17) is 25.8 Å². The van der Waals surface area contributed by atoms with Crippen LogP contribution in [-0.4, -0.2) is 54.8 Å². The molecule has 1 aliphatic heterocycles. The molecule has 39 heavy (non-hydrogen) atoms. The topological polar surface area (TPSA) is 114 Å². The first-order chi connectivity index (χ1) is 18.7. The number of carbonyl (C=O) groups is 1. The molecule has 1 aliphatic rings. The van der Waals surface area contributed by atoms with Crippen LogP contribution in [0.15, 0.2) is 59.9 Å². The molecule has 0 aliphatic carbocycles. The van der Waals surface area contributed by atoms with Crippen molar-refractivity contribution >= 4 is 29.3 Å². The van der Waals surface area contributed by atoms with Crippen LogP contribution >= 0.6 is 23.4 Å². The molecule has 2 aromatic carbocycles. The molecular weight excluding hydrogens is 542 g/mol. The first kappa shape index (κ1) is 27.0. The van der Waals surface area contributed by atoms with Gasteiger partial charge in [-0.15, -0.1) is 5.10 Å². The molecule has 0 radical (unpaired) electrons. The maximum atomic E-state index is 11.7. The van der Waals surface area contributed by atoms with E-state index >= 15 is 0 Å². The van der Waals surface area contributed by atoms with Gasteiger partial charge in [0.25, 0.3) is 0 Å². The number of methoxy groups -OCH3 is 2. The first-order valence-electron chi connectivity index (χ1n) is 12.3. The fourth-order valence-corrected chi connectivity index (χ4v) is 5.67. The molecule has 10 nitrogen and oxygen atoms in total. The number of carboxylic acid groups (broad SMARTS) is 1. The average molecular weight is 570 g/mol. The van der Waals surface area contributed by atoms with Crippen molar-refractivity contribution in [3.63, 3.8) is 0 Å². The minimum absolute atomic E-state index is 0.374. The number of thioether (sulfide) groups is 1. The van der Waals surface area contributed by atoms with Crippen LogP contribution in [0.3, 0.4) is 0 Å². The third kappa shape index (κ3) is 5.21. The molecule has 1 N–H and O–H groups in total. The second-order valence-electron chi connectivity index (χ2n) is 9.48. The molecule has 2 aromatic heterocycles. The number of aliphatic carboxylic acids is 1. The summed E-state index contributed by atoms with van der Waals surface area (Å²) in [6.07, 6.45) is 1.61. The number of fused-ring (bicyclic) bond motifs is 3. The Kier molecular flexibility index (Phi) is 7.57. The number of halogens is 1. The molecule has 2 atom stereocenters. The zero-order valence-corrected chi connectivity index (χ0v) is 23.4. The molecule has 5 rings (SSSR count). The predicted molar refractivity (Wildman–Crippen MR) is 146 cm³/mol. The van der Waals surface area contributed by atoms with Crippen molar-refractivity contribution in [2.45, 2.75) is 48.9 Å². The minimum Gasteiger partial charge on any atom is -0.493 e. The van der Waals surface area contributed by atoms with Gasteiger partial charge < -0.3 is 23.9 Å². The number of tetrazole rings is 1. The number of ether oxygens (including phenoxy) is 3. The van der Waals surface area contributed by atoms with Gasteiger partial charge >= 0.3 is 5.97 Å². The minimum atomic E-state index is -1.09. The lowest BCUT2D eigenvalue weighted by Gasteiger charge is -2.25. The van der Waals surface area contributed by atoms with Gasteiger partial charge in [0.1, 0.15) is 17.0 Å². The predicted octanol–water partition coefficient (Wildman–Crippen LogP) is 5.34. The highest BCUT2D eigenvalue weighted by Crippen LogP contribution is 2.46. The zero-order valence-electron chi connectivity index (χ0n) is 21.9. The Morgan fingerprint density at radius 3 is 2.72 bits per heavy atom. The third-order valence-electron chi connectivity index (χ3n) is 6.62. The van der Waals surface area contributed by atoms with E-state index in [2.05, 4.69) is 20.1 Å². The molecule has 0 saturated carbocycles. The fourth-order valence-electron chi connectivity index (χ4n) is 4.63. The van der Waals surface area contributed by atoms with E-state index in [-0.39, 0.29) is 6.10 Å². The van der Waals surface area contributed by atoms with E-state index in [0.29, 0.717) is 34.6 Å². The molecule has 3 heterocycles. The molecular formula is C27H28ClN5O5S. The molecule has 0 spiro atoms. The van der Waals surface area contributed by atoms with Crippen molar-refractivity contribution in [2.24, 2.45) is 0 Å². The normalized spacial score (nSPS) is 16.7. The molecule has 0 unspecified atom stereocenters. The summed E-state index contributed by atoms with van der Waals surface area (Å²) in [5.41, 5.74) is 3.59. The van der Waals surface area contributed by atoms with E-state index in [0.717, 1.165) is 34.3 Å². The number of para-hydroxylation sites is 1. The smallest absolute Gasteiger partial charge is 0.319 e. The monoisotopic (exact) mass is 569 g/mol. The summed E-state index contributed by atoms with van der Waals surface area (Å²) in [6, 6.07) is 15.5. The second kappa shape index (κ2) is 10.9. The van der Waals surface area contributed by atoms with Crippen molar-refractivity contribution in [1.29, 1.82) is 0 Å². The Labute approximate surface area is 234 Å². The van der Waals surface area contributed by atoms with Gasteiger partial charge in [-0.25, -0.2) is 4.68 Å². The number of hydrogen-bond acceptors (Lipinski definition) is 8. The van der Waals surface area contributed by atoms with Crippen LogP contribution in [0.5, 0.6) is 11.5 Å². The Morgan fingerprint density at radius 1 is 1.15 bits per heavy atom. The summed E-state index contributed by atoms with van der Waals surface area (Å²) in [5.74, 6) is 0.230. The van der Waals surface area contributed by atoms with Gasteiger partial charge in [0.2, 0.25) is 5.16 Å². The maximum Gasteiger partial charge on any atom is 0.319 e. The molecule has 0 amide bonds. The molecule has 204 valence electrons. The Hall–Kier alpha value is -3.54. The molecule has 0 saturated heterocycles. The van der Waals surface area contributed by atoms with Gasteiger partial charge in [-0.3, -0.25) is 4.79 Å². The van der Waals surface area contributed by atoms with E-state index < -0.39 is 16.8 Å². The van der Waals surface area contributed by atoms with E-state index in [1.165, 1.54) is 0 Å². The number of aromatic nitrogens is 5. The van der Waals surface area contributed by atoms with Crippen molar-refractivity contribution < 1.29 is 24.1 Å². The van der Waals surface area contributed by atoms with Crippen LogP contribution < -0.4 is 9.47 Å². The lowest BCUT2D eigenvalue weighted by atomic mass is 9.98. The Bertz CT molecular complexity index is 1500. The summed E-state index contributed by atoms with van der Waals surface area (Å²) < 4.78 is 20.9. The van der Waals surface area contributed by atoms with Crippen LogP contribution in [0.2, 0.25) is 5.02 Å². The lowest BCUT2D eigenvalue weighted by Crippen LogP contribution is -2.27. The number of rotatable bonds is 9. The van der Waals surface area contributed by atoms with Crippen LogP contribution in [0.1, 0.15) is 49.3 Å². The maximum absolute atomic E-state index is 11.7. The van der Waals surface area contributed by atoms with Crippen molar-refractivity contribution in [1.82, 2.24) is 24.8 Å². The van der Waals surface area contributed by atoms with Crippen molar-refractivity contribution in [3.8, 4) is 17.2 Å². The van der Waals surface area contributed by atoms with Gasteiger partial charge in [0.15, 0.2) is 11.5 Å². The summed E-state index contributed by atoms with van der Waals surface area (Å²) >= 11 is 7.58. The van der Waals surface area contributed by atoms with Gasteiger partial charge in [-0.2, -0.15) is 0 Å². The summed E-state index contributed by atoms with van der Waals surface area (Å²) in [7, 11) is 3.20. The molecule has 4 aromatic rings. The van der Waals surface area contributed by atoms with Gasteiger partial charge in [0, 0.05) is 28.9 Å². The quantitative estimate of drug-likeness (QED) is 0.267. The SMILES string of the molecule is COc1cccc([C@H]2O[C@H](CCn3nnnc3SC(C)(C)C(=O)O)c3cccn3-c3ccc(Cl)cc32)c1OC. The van der Waals surface area contributed by atoms with E-state index in [1.54, 1.807) is 32.7 Å². The van der Waals surface area contributed by atoms with Crippen LogP contribution in [0.4, 0.5) is 0 Å². The van der Waals surface area contributed by atoms with E-state index in [1.807, 2.05) is 54.7 Å². The highest BCUT2D eigenvalue weighted by Gasteiger charge is 2.34. The van der Waals surface area contributed by atoms with Gasteiger partial charge in [-0.1, -0.05) is 35.5 Å². The zero-order chi connectivity index (χ0) is 27.7. The summed E-state index contributed by atoms with van der Waals surface area (Å²) in [4.78, 5) is 11.7. The van der Waals surface area contributed by atoms with Crippen molar-refractivity contribution in [3.05, 3.63) is 76.6 Å². The average Bonchev–Trinajstić information content (AvgIpc) is 3.55. The second-order valence-corrected chi connectivity index (χ2v) is 11.5. The number of aryl methyl sites for hydroxylation is 1. The summed E-state index contributed by atoms with van der Waals surface area (Å²) in [5, 5.41) is 22.5. The molecule has 12 heteroatoms. The Morgan fingerprint density at radius 2 is 1.97 bits per heavy atom. The number of nitrogens with zero attached hydrogens (tertiary/aromatic N) is 5. The third-order valence-corrected chi connectivity index (χ3v) is 8.02. The van der Waals surface area contributed by atoms with E-state index in [9.17, 15) is 9.90 Å². The standard InChI is InChI=1S/C27H28ClN5O5S/c1-27(2,25(34)35)39-26-29-30-31-33(26)14-12-21-20-8-6-13-32(20)19-11-10-16(28)15-18(19)23(38-21)17-7-5-9-22(36-3)24(17)37-4/h5-11,13,15,21,23H,12,14H2,1-4H3,(H,34,35)/t21-,23-/m1/s1. The fraction of sp³-hybridized carbons (Fsp3) is 0.333. The highest BCUT2D eigenvalue weighted by molar-refractivity contribution is 8.01. The largest absolute Gasteiger partial charge is 0.493 e. The van der Waals surface area contributed by atoms with Crippen LogP contribution in [-0.2, 0) is 16.1 Å². The number of hydrogen-bond donors (Lipinski definition) is 1. The van der Waals surface area contributed by atoms with Crippen molar-refractivity contribution in [2.75, 3.05) is 14.2 Å². The van der Waals surface area contributed by atoms with Gasteiger partial charge in [0.05, 0.1) is 25.6 Å². The number of benzene rings is 2. The lowest BCUT2D eigenvalue weighted by molar-refractivity contribution is -0.138. The Balaban J connectivity index is 1.54. The summed E-state index contributed by atoms with van der Waals surface area (Å²) in [6.45, 7) is 3.64. The van der Waals surface area contributed by atoms with Gasteiger partial charge in [-0.05, 0) is 67.1 Å². The van der Waals surface area contributed by atoms with Crippen LogP contribution in [0.25, 0.3) is 5.69 Å². The first-order valence-corrected chi connectivity index (χ1v) is 13.4. The highest BCUT2D eigenvalue weighted by atomic mass is 35.5. The number of carboxylic acids is 1. The van der Waals surface area contributed by atoms with Crippen LogP contribution in [0, 0.1) is 0 Å².